The topological polar surface area (TPSA) is 66.4 Å². The molecule has 17 heavy (non-hydrogen) atoms. The highest BCUT2D eigenvalue weighted by molar-refractivity contribution is 7.80. The Morgan fingerprint density at radius 3 is 2.47 bits per heavy atom. The number of carbonyl (C=O) groups is 2. The number of benzene rings is 1. The van der Waals surface area contributed by atoms with Gasteiger partial charge < -0.3 is 10.4 Å². The lowest BCUT2D eigenvalue weighted by molar-refractivity contribution is -0.138. The molecular weight excluding hydrogens is 238 g/mol. The second-order valence-electron chi connectivity index (χ2n) is 3.57. The molecule has 0 spiro atoms. The van der Waals surface area contributed by atoms with E-state index >= 15 is 0 Å². The number of carboxylic acid groups (broad SMARTS) is 1. The van der Waals surface area contributed by atoms with Crippen LogP contribution < -0.4 is 5.32 Å². The summed E-state index contributed by atoms with van der Waals surface area (Å²) in [6, 6.07) is 8.23. The van der Waals surface area contributed by atoms with E-state index in [9.17, 15) is 9.59 Å². The molecule has 0 fully saturated rings. The molecule has 0 radical (unpaired) electrons. The zero-order valence-electron chi connectivity index (χ0n) is 9.30. The van der Waals surface area contributed by atoms with E-state index in [1.165, 1.54) is 0 Å². The summed E-state index contributed by atoms with van der Waals surface area (Å²) >= 11 is 3.92. The molecule has 2 N–H and O–H groups in total. The van der Waals surface area contributed by atoms with Gasteiger partial charge >= 0.3 is 5.97 Å². The zero-order valence-corrected chi connectivity index (χ0v) is 10.2. The summed E-state index contributed by atoms with van der Waals surface area (Å²) in [5.41, 5.74) is 0.645. The van der Waals surface area contributed by atoms with Crippen molar-refractivity contribution in [3.8, 4) is 0 Å². The maximum absolute atomic E-state index is 11.7. The van der Waals surface area contributed by atoms with Crippen LogP contribution in [-0.4, -0.2) is 35.2 Å². The van der Waals surface area contributed by atoms with E-state index < -0.39 is 12.0 Å². The van der Waals surface area contributed by atoms with Crippen LogP contribution in [0.5, 0.6) is 0 Å². The maximum Gasteiger partial charge on any atom is 0.321 e. The molecule has 0 saturated heterocycles. The third-order valence-corrected chi connectivity index (χ3v) is 2.68. The van der Waals surface area contributed by atoms with Crippen LogP contribution in [0.3, 0.4) is 0 Å². The molecule has 0 aromatic heterocycles. The molecule has 1 aromatic carbocycles. The predicted molar refractivity (Wildman–Crippen MR) is 68.7 cm³/mol. The van der Waals surface area contributed by atoms with E-state index in [0.717, 1.165) is 0 Å². The Morgan fingerprint density at radius 2 is 1.94 bits per heavy atom. The number of hydrogen-bond acceptors (Lipinski definition) is 4. The number of hydrogen-bond donors (Lipinski definition) is 3. The standard InChI is InChI=1S/C12H15NO3S/c14-11(9-4-2-1-3-5-9)6-7-13-10(8-17)12(15)16/h1-5,10,13,17H,6-8H2,(H,15,16)/t10-/m1/s1. The molecule has 1 aromatic rings. The molecule has 0 unspecified atom stereocenters. The highest BCUT2D eigenvalue weighted by Gasteiger charge is 2.14. The van der Waals surface area contributed by atoms with Crippen molar-refractivity contribution in [2.24, 2.45) is 0 Å². The second kappa shape index (κ2) is 7.09. The molecule has 1 rings (SSSR count). The van der Waals surface area contributed by atoms with E-state index in [-0.39, 0.29) is 18.0 Å². The van der Waals surface area contributed by atoms with Crippen LogP contribution in [0.4, 0.5) is 0 Å². The minimum atomic E-state index is -0.952. The van der Waals surface area contributed by atoms with Crippen LogP contribution in [0.25, 0.3) is 0 Å². The smallest absolute Gasteiger partial charge is 0.321 e. The van der Waals surface area contributed by atoms with Gasteiger partial charge in [-0.15, -0.1) is 0 Å². The maximum atomic E-state index is 11.7. The fraction of sp³-hybridized carbons (Fsp3) is 0.333. The summed E-state index contributed by atoms with van der Waals surface area (Å²) < 4.78 is 0. The number of carbonyl (C=O) groups excluding carboxylic acids is 1. The first kappa shape index (κ1) is 13.7. The molecule has 0 heterocycles. The molecular formula is C12H15NO3S. The molecule has 4 nitrogen and oxygen atoms in total. The van der Waals surface area contributed by atoms with Crippen LogP contribution in [0.2, 0.25) is 0 Å². The third kappa shape index (κ3) is 4.58. The van der Waals surface area contributed by atoms with E-state index in [1.54, 1.807) is 24.3 Å². The highest BCUT2D eigenvalue weighted by atomic mass is 32.1. The molecule has 0 aliphatic heterocycles. The average molecular weight is 253 g/mol. The van der Waals surface area contributed by atoms with Crippen LogP contribution >= 0.6 is 12.6 Å². The van der Waals surface area contributed by atoms with Crippen molar-refractivity contribution in [2.75, 3.05) is 12.3 Å². The van der Waals surface area contributed by atoms with Crippen LogP contribution in [0, 0.1) is 0 Å². The summed E-state index contributed by atoms with van der Waals surface area (Å²) in [5, 5.41) is 11.5. The van der Waals surface area contributed by atoms with E-state index in [1.807, 2.05) is 6.07 Å². The van der Waals surface area contributed by atoms with Crippen molar-refractivity contribution in [3.63, 3.8) is 0 Å². The van der Waals surface area contributed by atoms with Gasteiger partial charge in [0.05, 0.1) is 0 Å². The summed E-state index contributed by atoms with van der Waals surface area (Å²) in [4.78, 5) is 22.4. The molecule has 0 aliphatic rings. The number of Topliss-reactive ketones (excluding diaryl/α,β-unsaturated/α-hetero) is 1. The lowest BCUT2D eigenvalue weighted by Gasteiger charge is -2.10. The lowest BCUT2D eigenvalue weighted by atomic mass is 10.1. The van der Waals surface area contributed by atoms with Crippen molar-refractivity contribution < 1.29 is 14.7 Å². The van der Waals surface area contributed by atoms with Gasteiger partial charge in [-0.3, -0.25) is 9.59 Å². The summed E-state index contributed by atoms with van der Waals surface area (Å²) in [6.07, 6.45) is 0.279. The van der Waals surface area contributed by atoms with Gasteiger partial charge in [-0.1, -0.05) is 30.3 Å². The summed E-state index contributed by atoms with van der Waals surface area (Å²) in [5.74, 6) is -0.747. The number of carboxylic acids is 1. The second-order valence-corrected chi connectivity index (χ2v) is 3.93. The SMILES string of the molecule is O=C(CCN[C@H](CS)C(=O)O)c1ccccc1. The van der Waals surface area contributed by atoms with Gasteiger partial charge in [0.25, 0.3) is 0 Å². The van der Waals surface area contributed by atoms with Crippen LogP contribution in [-0.2, 0) is 4.79 Å². The highest BCUT2D eigenvalue weighted by Crippen LogP contribution is 2.02. The van der Waals surface area contributed by atoms with E-state index in [4.69, 9.17) is 5.11 Å². The van der Waals surface area contributed by atoms with E-state index in [0.29, 0.717) is 12.1 Å². The minimum Gasteiger partial charge on any atom is -0.480 e. The van der Waals surface area contributed by atoms with Gasteiger partial charge in [0.2, 0.25) is 0 Å². The average Bonchev–Trinajstić information content (AvgIpc) is 2.35. The molecule has 1 atom stereocenters. The summed E-state index contributed by atoms with van der Waals surface area (Å²) in [7, 11) is 0. The molecule has 5 heteroatoms. The van der Waals surface area contributed by atoms with Gasteiger partial charge in [0, 0.05) is 24.3 Å². The van der Waals surface area contributed by atoms with Crippen LogP contribution in [0.1, 0.15) is 16.8 Å². The molecule has 0 amide bonds. The first-order valence-electron chi connectivity index (χ1n) is 5.30. The Morgan fingerprint density at radius 1 is 1.29 bits per heavy atom. The quantitative estimate of drug-likeness (QED) is 0.505. The number of aliphatic carboxylic acids is 1. The first-order valence-corrected chi connectivity index (χ1v) is 5.93. The molecule has 0 saturated carbocycles. The number of nitrogens with one attached hydrogen (secondary N) is 1. The predicted octanol–water partition coefficient (Wildman–Crippen LogP) is 1.23. The molecule has 0 bridgehead atoms. The Kier molecular flexibility index (Phi) is 5.72. The Bertz CT molecular complexity index is 381. The fourth-order valence-electron chi connectivity index (χ4n) is 1.36. The molecule has 0 aliphatic carbocycles. The summed E-state index contributed by atoms with van der Waals surface area (Å²) in [6.45, 7) is 0.339. The van der Waals surface area contributed by atoms with Gasteiger partial charge in [0.1, 0.15) is 6.04 Å². The van der Waals surface area contributed by atoms with Gasteiger partial charge in [-0.2, -0.15) is 12.6 Å². The number of ketones is 1. The first-order chi connectivity index (χ1) is 8.15. The van der Waals surface area contributed by atoms with Crippen molar-refractivity contribution in [2.45, 2.75) is 12.5 Å². The van der Waals surface area contributed by atoms with Gasteiger partial charge in [-0.25, -0.2) is 0 Å². The Hall–Kier alpha value is -1.33. The lowest BCUT2D eigenvalue weighted by Crippen LogP contribution is -2.39. The fourth-order valence-corrected chi connectivity index (χ4v) is 1.64. The van der Waals surface area contributed by atoms with Crippen molar-refractivity contribution >= 4 is 24.4 Å². The van der Waals surface area contributed by atoms with Gasteiger partial charge in [0.15, 0.2) is 5.78 Å². The number of thiol groups is 1. The Balaban J connectivity index is 2.37. The van der Waals surface area contributed by atoms with E-state index in [2.05, 4.69) is 17.9 Å². The largest absolute Gasteiger partial charge is 0.480 e. The monoisotopic (exact) mass is 253 g/mol. The number of rotatable bonds is 7. The van der Waals surface area contributed by atoms with Crippen molar-refractivity contribution in [3.05, 3.63) is 35.9 Å². The van der Waals surface area contributed by atoms with Gasteiger partial charge in [-0.05, 0) is 0 Å². The Labute approximate surface area is 105 Å². The van der Waals surface area contributed by atoms with Crippen molar-refractivity contribution in [1.29, 1.82) is 0 Å². The van der Waals surface area contributed by atoms with Crippen molar-refractivity contribution in [1.82, 2.24) is 5.32 Å². The molecule has 92 valence electrons. The zero-order chi connectivity index (χ0) is 12.7. The minimum absolute atomic E-state index is 0.00130. The van der Waals surface area contributed by atoms with Crippen LogP contribution in [0.15, 0.2) is 30.3 Å². The normalized spacial score (nSPS) is 12.1. The third-order valence-electron chi connectivity index (χ3n) is 2.32.